The molecule has 1 N–H and O–H groups in total. The lowest BCUT2D eigenvalue weighted by Crippen LogP contribution is -2.42. The largest absolute Gasteiger partial charge is 0.375 e. The fourth-order valence-corrected chi connectivity index (χ4v) is 4.26. The van der Waals surface area contributed by atoms with Crippen molar-refractivity contribution in [2.75, 3.05) is 11.9 Å². The van der Waals surface area contributed by atoms with Crippen LogP contribution < -0.4 is 5.32 Å². The maximum atomic E-state index is 9.46. The van der Waals surface area contributed by atoms with Crippen LogP contribution in [-0.2, 0) is 4.74 Å². The number of nitrogens with zero attached hydrogens (tertiary/aromatic N) is 2. The lowest BCUT2D eigenvalue weighted by atomic mass is 9.89. The second kappa shape index (κ2) is 6.23. The van der Waals surface area contributed by atoms with E-state index in [0.717, 1.165) is 49.0 Å². The Morgan fingerprint density at radius 2 is 2.12 bits per heavy atom. The first kappa shape index (κ1) is 15.7. The Morgan fingerprint density at radius 3 is 2.92 bits per heavy atom. The fourth-order valence-electron chi connectivity index (χ4n) is 4.09. The molecular formula is C19H20ClN3O. The number of aromatic nitrogens is 1. The minimum absolute atomic E-state index is 0.0678. The third-order valence-corrected chi connectivity index (χ3v) is 5.49. The van der Waals surface area contributed by atoms with Crippen molar-refractivity contribution in [1.29, 1.82) is 5.26 Å². The van der Waals surface area contributed by atoms with E-state index in [1.807, 2.05) is 18.2 Å². The van der Waals surface area contributed by atoms with Gasteiger partial charge < -0.3 is 10.1 Å². The molecule has 0 amide bonds. The molecule has 2 fully saturated rings. The van der Waals surface area contributed by atoms with Crippen molar-refractivity contribution in [3.05, 3.63) is 34.9 Å². The van der Waals surface area contributed by atoms with Crippen LogP contribution in [0.4, 0.5) is 5.82 Å². The van der Waals surface area contributed by atoms with Crippen LogP contribution >= 0.6 is 11.6 Å². The molecule has 1 spiro atoms. The maximum Gasteiger partial charge on any atom is 0.128 e. The van der Waals surface area contributed by atoms with E-state index in [4.69, 9.17) is 16.3 Å². The van der Waals surface area contributed by atoms with Crippen molar-refractivity contribution in [3.8, 4) is 6.07 Å². The smallest absolute Gasteiger partial charge is 0.128 e. The van der Waals surface area contributed by atoms with Gasteiger partial charge in [-0.25, -0.2) is 4.98 Å². The van der Waals surface area contributed by atoms with Gasteiger partial charge in [0.05, 0.1) is 22.8 Å². The van der Waals surface area contributed by atoms with Crippen molar-refractivity contribution in [2.24, 2.45) is 0 Å². The molecule has 1 atom stereocenters. The SMILES string of the molecule is N#Cc1cc(NC2CCOC3(CCCC3)C2)nc2ccc(Cl)cc12. The number of rotatable bonds is 2. The van der Waals surface area contributed by atoms with E-state index in [1.165, 1.54) is 12.8 Å². The minimum Gasteiger partial charge on any atom is -0.375 e. The van der Waals surface area contributed by atoms with E-state index >= 15 is 0 Å². The Balaban J connectivity index is 1.60. The summed E-state index contributed by atoms with van der Waals surface area (Å²) < 4.78 is 6.10. The molecule has 4 rings (SSSR count). The second-order valence-corrected chi connectivity index (χ2v) is 7.34. The molecule has 1 aliphatic carbocycles. The van der Waals surface area contributed by atoms with E-state index in [1.54, 1.807) is 6.07 Å². The van der Waals surface area contributed by atoms with Crippen LogP contribution in [0.3, 0.4) is 0 Å². The number of hydrogen-bond acceptors (Lipinski definition) is 4. The number of ether oxygens (including phenoxy) is 1. The Morgan fingerprint density at radius 1 is 1.29 bits per heavy atom. The van der Waals surface area contributed by atoms with Gasteiger partial charge in [-0.15, -0.1) is 0 Å². The standard InChI is InChI=1S/C19H20ClN3O/c20-14-3-4-17-16(10-14)13(12-21)9-18(23-17)22-15-5-8-24-19(11-15)6-1-2-7-19/h3-4,9-10,15H,1-2,5-8,11H2,(H,22,23). The zero-order chi connectivity index (χ0) is 16.6. The normalized spacial score (nSPS) is 22.6. The van der Waals surface area contributed by atoms with Gasteiger partial charge in [-0.3, -0.25) is 0 Å². The lowest BCUT2D eigenvalue weighted by molar-refractivity contribution is -0.0767. The predicted molar refractivity (Wildman–Crippen MR) is 95.3 cm³/mol. The quantitative estimate of drug-likeness (QED) is 0.862. The summed E-state index contributed by atoms with van der Waals surface area (Å²) in [5, 5.41) is 14.4. The molecule has 1 saturated carbocycles. The van der Waals surface area contributed by atoms with Crippen molar-refractivity contribution in [1.82, 2.24) is 4.98 Å². The molecule has 1 saturated heterocycles. The summed E-state index contributed by atoms with van der Waals surface area (Å²) in [5.41, 5.74) is 1.47. The summed E-state index contributed by atoms with van der Waals surface area (Å²) in [6.07, 6.45) is 6.86. The van der Waals surface area contributed by atoms with Crippen LogP contribution in [0, 0.1) is 11.3 Å². The molecule has 2 aromatic rings. The average Bonchev–Trinajstić information content (AvgIpc) is 3.02. The topological polar surface area (TPSA) is 57.9 Å². The van der Waals surface area contributed by atoms with Gasteiger partial charge in [-0.05, 0) is 49.9 Å². The highest BCUT2D eigenvalue weighted by Crippen LogP contribution is 2.40. The maximum absolute atomic E-state index is 9.46. The molecule has 0 radical (unpaired) electrons. The number of benzene rings is 1. The van der Waals surface area contributed by atoms with E-state index in [2.05, 4.69) is 16.4 Å². The number of pyridine rings is 1. The first-order chi connectivity index (χ1) is 11.7. The molecule has 1 aromatic carbocycles. The van der Waals surface area contributed by atoms with Crippen LogP contribution in [0.5, 0.6) is 0 Å². The molecule has 4 nitrogen and oxygen atoms in total. The molecule has 2 heterocycles. The van der Waals surface area contributed by atoms with E-state index in [-0.39, 0.29) is 5.60 Å². The third kappa shape index (κ3) is 2.94. The molecule has 124 valence electrons. The first-order valence-corrected chi connectivity index (χ1v) is 8.96. The van der Waals surface area contributed by atoms with Crippen LogP contribution in [0.15, 0.2) is 24.3 Å². The highest BCUT2D eigenvalue weighted by atomic mass is 35.5. The first-order valence-electron chi connectivity index (χ1n) is 8.58. The summed E-state index contributed by atoms with van der Waals surface area (Å²) in [4.78, 5) is 4.67. The molecule has 24 heavy (non-hydrogen) atoms. The summed E-state index contributed by atoms with van der Waals surface area (Å²) >= 11 is 6.05. The van der Waals surface area contributed by atoms with Crippen molar-refractivity contribution in [3.63, 3.8) is 0 Å². The lowest BCUT2D eigenvalue weighted by Gasteiger charge is -2.38. The van der Waals surface area contributed by atoms with Gasteiger partial charge in [-0.1, -0.05) is 24.4 Å². The van der Waals surface area contributed by atoms with Gasteiger partial charge >= 0.3 is 0 Å². The average molecular weight is 342 g/mol. The summed E-state index contributed by atoms with van der Waals surface area (Å²) in [5.74, 6) is 0.765. The highest BCUT2D eigenvalue weighted by Gasteiger charge is 2.39. The van der Waals surface area contributed by atoms with E-state index in [9.17, 15) is 5.26 Å². The monoisotopic (exact) mass is 341 g/mol. The van der Waals surface area contributed by atoms with Crippen molar-refractivity contribution >= 4 is 28.3 Å². The summed E-state index contributed by atoms with van der Waals surface area (Å²) in [7, 11) is 0. The van der Waals surface area contributed by atoms with Gasteiger partial charge in [0.1, 0.15) is 5.82 Å². The van der Waals surface area contributed by atoms with Gasteiger partial charge in [-0.2, -0.15) is 5.26 Å². The van der Waals surface area contributed by atoms with Crippen LogP contribution in [0.2, 0.25) is 5.02 Å². The Bertz CT molecular complexity index is 808. The van der Waals surface area contributed by atoms with Gasteiger partial charge in [0.2, 0.25) is 0 Å². The van der Waals surface area contributed by atoms with Gasteiger partial charge in [0.15, 0.2) is 0 Å². The summed E-state index contributed by atoms with van der Waals surface area (Å²) in [6, 6.07) is 9.91. The molecule has 1 aromatic heterocycles. The number of hydrogen-bond donors (Lipinski definition) is 1. The molecular weight excluding hydrogens is 322 g/mol. The fraction of sp³-hybridized carbons (Fsp3) is 0.474. The Labute approximate surface area is 146 Å². The number of nitrogens with one attached hydrogen (secondary N) is 1. The zero-order valence-electron chi connectivity index (χ0n) is 13.5. The van der Waals surface area contributed by atoms with Gasteiger partial charge in [0.25, 0.3) is 0 Å². The van der Waals surface area contributed by atoms with Gasteiger partial charge in [0, 0.05) is 23.1 Å². The molecule has 1 unspecified atom stereocenters. The molecule has 5 heteroatoms. The number of nitriles is 1. The van der Waals surface area contributed by atoms with Crippen LogP contribution in [-0.4, -0.2) is 23.2 Å². The van der Waals surface area contributed by atoms with E-state index in [0.29, 0.717) is 16.6 Å². The second-order valence-electron chi connectivity index (χ2n) is 6.90. The molecule has 2 aliphatic rings. The Kier molecular flexibility index (Phi) is 4.07. The predicted octanol–water partition coefficient (Wildman–Crippen LogP) is 4.66. The number of fused-ring (bicyclic) bond motifs is 1. The molecule has 0 bridgehead atoms. The van der Waals surface area contributed by atoms with E-state index < -0.39 is 0 Å². The van der Waals surface area contributed by atoms with Crippen LogP contribution in [0.25, 0.3) is 10.9 Å². The summed E-state index contributed by atoms with van der Waals surface area (Å²) in [6.45, 7) is 0.798. The molecule has 1 aliphatic heterocycles. The van der Waals surface area contributed by atoms with Crippen LogP contribution in [0.1, 0.15) is 44.1 Å². The Hall–Kier alpha value is -1.83. The van der Waals surface area contributed by atoms with Crippen molar-refractivity contribution < 1.29 is 4.74 Å². The number of halogens is 1. The van der Waals surface area contributed by atoms with Crippen molar-refractivity contribution in [2.45, 2.75) is 50.2 Å². The zero-order valence-corrected chi connectivity index (χ0v) is 14.3. The minimum atomic E-state index is 0.0678. The third-order valence-electron chi connectivity index (χ3n) is 5.25. The number of anilines is 1. The highest BCUT2D eigenvalue weighted by molar-refractivity contribution is 6.31.